The van der Waals surface area contributed by atoms with Gasteiger partial charge in [0.1, 0.15) is 6.04 Å². The first kappa shape index (κ1) is 14.7. The van der Waals surface area contributed by atoms with Crippen molar-refractivity contribution in [2.75, 3.05) is 31.9 Å². The smallest absolute Gasteiger partial charge is 0.238 e. The van der Waals surface area contributed by atoms with Crippen LogP contribution in [0.2, 0.25) is 0 Å². The average Bonchev–Trinajstić information content (AvgIpc) is 2.39. The van der Waals surface area contributed by atoms with E-state index >= 15 is 0 Å². The topological polar surface area (TPSA) is 78.5 Å². The second-order valence-corrected chi connectivity index (χ2v) is 7.28. The molecule has 7 heteroatoms. The molecule has 2 heterocycles. The first-order valence-electron chi connectivity index (χ1n) is 7.02. The van der Waals surface area contributed by atoms with E-state index in [0.717, 1.165) is 25.9 Å². The molecule has 0 saturated carbocycles. The summed E-state index contributed by atoms with van der Waals surface area (Å²) in [7, 11) is -3.34. The molecule has 2 rings (SSSR count). The highest BCUT2D eigenvalue weighted by Gasteiger charge is 2.37. The van der Waals surface area contributed by atoms with Crippen molar-refractivity contribution < 1.29 is 13.2 Å². The molecule has 2 atom stereocenters. The Balaban J connectivity index is 2.06. The molecule has 19 heavy (non-hydrogen) atoms. The number of carbonyl (C=O) groups excluding carboxylic acids is 1. The molecule has 110 valence electrons. The Morgan fingerprint density at radius 2 is 2.16 bits per heavy atom. The maximum absolute atomic E-state index is 12.5. The number of rotatable bonds is 4. The van der Waals surface area contributed by atoms with Crippen molar-refractivity contribution in [1.29, 1.82) is 0 Å². The molecule has 2 unspecified atom stereocenters. The Morgan fingerprint density at radius 1 is 1.37 bits per heavy atom. The molecule has 2 saturated heterocycles. The van der Waals surface area contributed by atoms with Crippen LogP contribution >= 0.6 is 0 Å². The molecule has 0 aromatic rings. The van der Waals surface area contributed by atoms with E-state index in [1.807, 2.05) is 6.92 Å². The van der Waals surface area contributed by atoms with Crippen LogP contribution in [0.4, 0.5) is 0 Å². The molecular formula is C12H23N3O3S. The van der Waals surface area contributed by atoms with Gasteiger partial charge in [0, 0.05) is 13.1 Å². The van der Waals surface area contributed by atoms with Crippen LogP contribution in [0.1, 0.15) is 26.2 Å². The number of nitrogens with zero attached hydrogens (tertiary/aromatic N) is 1. The van der Waals surface area contributed by atoms with E-state index in [4.69, 9.17) is 0 Å². The van der Waals surface area contributed by atoms with Crippen LogP contribution in [0.25, 0.3) is 0 Å². The van der Waals surface area contributed by atoms with Gasteiger partial charge in [-0.05, 0) is 38.3 Å². The summed E-state index contributed by atoms with van der Waals surface area (Å²) in [5.41, 5.74) is 0. The molecule has 0 radical (unpaired) electrons. The predicted octanol–water partition coefficient (Wildman–Crippen LogP) is -0.474. The van der Waals surface area contributed by atoms with Gasteiger partial charge in [-0.2, -0.15) is 4.31 Å². The number of hydrogen-bond acceptors (Lipinski definition) is 4. The summed E-state index contributed by atoms with van der Waals surface area (Å²) in [6, 6.07) is -0.532. The van der Waals surface area contributed by atoms with E-state index in [0.29, 0.717) is 19.5 Å². The van der Waals surface area contributed by atoms with E-state index in [1.165, 1.54) is 4.31 Å². The van der Waals surface area contributed by atoms with Gasteiger partial charge in [-0.3, -0.25) is 4.79 Å². The zero-order valence-electron chi connectivity index (χ0n) is 11.4. The highest BCUT2D eigenvalue weighted by molar-refractivity contribution is 7.89. The van der Waals surface area contributed by atoms with Gasteiger partial charge in [0.25, 0.3) is 0 Å². The number of sulfonamides is 1. The lowest BCUT2D eigenvalue weighted by molar-refractivity contribution is -0.126. The van der Waals surface area contributed by atoms with Gasteiger partial charge in [-0.15, -0.1) is 0 Å². The molecule has 2 fully saturated rings. The fraction of sp³-hybridized carbons (Fsp3) is 0.917. The van der Waals surface area contributed by atoms with E-state index < -0.39 is 16.1 Å². The van der Waals surface area contributed by atoms with E-state index in [9.17, 15) is 13.2 Å². The third kappa shape index (κ3) is 3.46. The number of piperidine rings is 1. The number of carbonyl (C=O) groups is 1. The molecule has 0 spiro atoms. The third-order valence-electron chi connectivity index (χ3n) is 3.87. The van der Waals surface area contributed by atoms with Crippen molar-refractivity contribution in [3.05, 3.63) is 0 Å². The Bertz CT molecular complexity index is 418. The standard InChI is InChI=1S/C12H23N3O3S/c1-2-11-12(16)14-6-7-15(11)19(17,18)9-10-4-3-5-13-8-10/h10-11,13H,2-9H2,1H3,(H,14,16). The molecule has 6 nitrogen and oxygen atoms in total. The highest BCUT2D eigenvalue weighted by atomic mass is 32.2. The number of piperazine rings is 1. The molecule has 2 aliphatic rings. The van der Waals surface area contributed by atoms with Crippen LogP contribution in [0, 0.1) is 5.92 Å². The molecule has 1 amide bonds. The van der Waals surface area contributed by atoms with Crippen LogP contribution in [0.5, 0.6) is 0 Å². The SMILES string of the molecule is CCC1C(=O)NCCN1S(=O)(=O)CC1CCCNC1. The van der Waals surface area contributed by atoms with Gasteiger partial charge in [-0.25, -0.2) is 8.42 Å². The molecule has 2 N–H and O–H groups in total. The number of amides is 1. The lowest BCUT2D eigenvalue weighted by Gasteiger charge is -2.35. The summed E-state index contributed by atoms with van der Waals surface area (Å²) in [5, 5.41) is 5.96. The zero-order chi connectivity index (χ0) is 13.9. The fourth-order valence-corrected chi connectivity index (χ4v) is 4.95. The number of hydrogen-bond donors (Lipinski definition) is 2. The van der Waals surface area contributed by atoms with Crippen LogP contribution in [0.15, 0.2) is 0 Å². The Morgan fingerprint density at radius 3 is 2.79 bits per heavy atom. The number of nitrogens with one attached hydrogen (secondary N) is 2. The molecule has 0 aromatic carbocycles. The van der Waals surface area contributed by atoms with Gasteiger partial charge < -0.3 is 10.6 Å². The highest BCUT2D eigenvalue weighted by Crippen LogP contribution is 2.19. The van der Waals surface area contributed by atoms with Crippen molar-refractivity contribution in [3.63, 3.8) is 0 Å². The zero-order valence-corrected chi connectivity index (χ0v) is 12.2. The quantitative estimate of drug-likeness (QED) is 0.733. The summed E-state index contributed by atoms with van der Waals surface area (Å²) >= 11 is 0. The molecule has 2 aliphatic heterocycles. The summed E-state index contributed by atoms with van der Waals surface area (Å²) in [5.74, 6) is 0.157. The lowest BCUT2D eigenvalue weighted by atomic mass is 10.0. The third-order valence-corrected chi connectivity index (χ3v) is 5.92. The van der Waals surface area contributed by atoms with Crippen LogP contribution in [-0.4, -0.2) is 56.6 Å². The lowest BCUT2D eigenvalue weighted by Crippen LogP contribution is -2.57. The predicted molar refractivity (Wildman–Crippen MR) is 73.2 cm³/mol. The van der Waals surface area contributed by atoms with E-state index in [2.05, 4.69) is 10.6 Å². The normalized spacial score (nSPS) is 30.1. The summed E-state index contributed by atoms with van der Waals surface area (Å²) in [6.07, 6.45) is 2.49. The van der Waals surface area contributed by atoms with Gasteiger partial charge in [0.05, 0.1) is 5.75 Å². The van der Waals surface area contributed by atoms with Crippen molar-refractivity contribution >= 4 is 15.9 Å². The van der Waals surface area contributed by atoms with Gasteiger partial charge in [-0.1, -0.05) is 6.92 Å². The minimum atomic E-state index is -3.34. The summed E-state index contributed by atoms with van der Waals surface area (Å²) in [6.45, 7) is 4.39. The largest absolute Gasteiger partial charge is 0.353 e. The first-order chi connectivity index (χ1) is 9.04. The van der Waals surface area contributed by atoms with Crippen molar-refractivity contribution in [2.24, 2.45) is 5.92 Å². The summed E-state index contributed by atoms with van der Waals surface area (Å²) in [4.78, 5) is 11.7. The second kappa shape index (κ2) is 6.19. The fourth-order valence-electron chi connectivity index (χ4n) is 2.88. The molecule has 0 aromatic heterocycles. The van der Waals surface area contributed by atoms with E-state index in [-0.39, 0.29) is 17.6 Å². The van der Waals surface area contributed by atoms with Crippen LogP contribution < -0.4 is 10.6 Å². The van der Waals surface area contributed by atoms with E-state index in [1.54, 1.807) is 0 Å². The maximum Gasteiger partial charge on any atom is 0.238 e. The first-order valence-corrected chi connectivity index (χ1v) is 8.63. The Hall–Kier alpha value is -0.660. The van der Waals surface area contributed by atoms with Gasteiger partial charge >= 0.3 is 0 Å². The molecule has 0 bridgehead atoms. The Labute approximate surface area is 115 Å². The van der Waals surface area contributed by atoms with Crippen molar-refractivity contribution in [2.45, 2.75) is 32.2 Å². The van der Waals surface area contributed by atoms with Crippen LogP contribution in [0.3, 0.4) is 0 Å². The van der Waals surface area contributed by atoms with Gasteiger partial charge in [0.2, 0.25) is 15.9 Å². The molecule has 0 aliphatic carbocycles. The maximum atomic E-state index is 12.5. The minimum absolute atomic E-state index is 0.157. The summed E-state index contributed by atoms with van der Waals surface area (Å²) < 4.78 is 26.4. The minimum Gasteiger partial charge on any atom is -0.353 e. The van der Waals surface area contributed by atoms with Crippen molar-refractivity contribution in [3.8, 4) is 0 Å². The Kier molecular flexibility index (Phi) is 4.81. The average molecular weight is 289 g/mol. The van der Waals surface area contributed by atoms with Gasteiger partial charge in [0.15, 0.2) is 0 Å². The molecular weight excluding hydrogens is 266 g/mol. The van der Waals surface area contributed by atoms with Crippen molar-refractivity contribution in [1.82, 2.24) is 14.9 Å². The monoisotopic (exact) mass is 289 g/mol. The second-order valence-electron chi connectivity index (χ2n) is 5.32. The van der Waals surface area contributed by atoms with Crippen LogP contribution in [-0.2, 0) is 14.8 Å².